The zero-order chi connectivity index (χ0) is 9.26. The zero-order valence-electron chi connectivity index (χ0n) is 7.81. The summed E-state index contributed by atoms with van der Waals surface area (Å²) in [6.45, 7) is 0.535. The second kappa shape index (κ2) is 6.28. The predicted octanol–water partition coefficient (Wildman–Crippen LogP) is 3.30. The first-order valence-corrected chi connectivity index (χ1v) is 4.84. The van der Waals surface area contributed by atoms with Crippen LogP contribution in [-0.4, -0.2) is 4.98 Å². The van der Waals surface area contributed by atoms with Crippen molar-refractivity contribution < 1.29 is 0 Å². The second-order valence-electron chi connectivity index (χ2n) is 2.82. The fraction of sp³-hybridized carbons (Fsp3) is 0.100. The molecule has 0 atom stereocenters. The van der Waals surface area contributed by atoms with Crippen LogP contribution in [0.1, 0.15) is 5.56 Å². The third-order valence-electron chi connectivity index (χ3n) is 2.01. The van der Waals surface area contributed by atoms with Crippen LogP contribution >= 0.6 is 40.7 Å². The van der Waals surface area contributed by atoms with E-state index in [1.54, 1.807) is 6.20 Å². The highest BCUT2D eigenvalue weighted by atomic mass is 79.9. The van der Waals surface area contributed by atoms with Crippen molar-refractivity contribution in [3.63, 3.8) is 0 Å². The number of rotatable bonds is 1. The van der Waals surface area contributed by atoms with E-state index in [2.05, 4.69) is 20.9 Å². The monoisotopic (exact) mass is 308 g/mol. The van der Waals surface area contributed by atoms with E-state index >= 15 is 0 Å². The van der Waals surface area contributed by atoms with Gasteiger partial charge in [0, 0.05) is 22.6 Å². The number of hydrogen-bond donors (Lipinski definition) is 1. The van der Waals surface area contributed by atoms with Crippen LogP contribution in [0.3, 0.4) is 0 Å². The Hall–Kier alpha value is -0.350. The average molecular weight is 310 g/mol. The van der Waals surface area contributed by atoms with Crippen LogP contribution in [0.5, 0.6) is 0 Å². The summed E-state index contributed by atoms with van der Waals surface area (Å²) in [6.07, 6.45) is 1.79. The number of aromatic nitrogens is 1. The number of nitrogens with zero attached hydrogens (tertiary/aromatic N) is 1. The minimum absolute atomic E-state index is 0. The molecule has 0 aliphatic carbocycles. The minimum atomic E-state index is 0. The molecule has 1 heterocycles. The second-order valence-corrected chi connectivity index (χ2v) is 3.61. The number of pyridine rings is 1. The van der Waals surface area contributed by atoms with Crippen molar-refractivity contribution in [1.29, 1.82) is 0 Å². The standard InChI is InChI=1S/C10H9BrN2.2ClH/c11-9-8(6-12)4-3-7-2-1-5-13-10(7)9;;/h1-5H,6,12H2;2*1H. The van der Waals surface area contributed by atoms with Gasteiger partial charge >= 0.3 is 0 Å². The van der Waals surface area contributed by atoms with Crippen molar-refractivity contribution in [2.24, 2.45) is 5.73 Å². The molecule has 82 valence electrons. The highest BCUT2D eigenvalue weighted by Crippen LogP contribution is 2.25. The van der Waals surface area contributed by atoms with Gasteiger partial charge in [0.05, 0.1) is 5.52 Å². The molecule has 2 rings (SSSR count). The summed E-state index contributed by atoms with van der Waals surface area (Å²) in [7, 11) is 0. The van der Waals surface area contributed by atoms with Gasteiger partial charge < -0.3 is 5.73 Å². The van der Waals surface area contributed by atoms with Crippen LogP contribution in [0.25, 0.3) is 10.9 Å². The van der Waals surface area contributed by atoms with Crippen LogP contribution in [0.2, 0.25) is 0 Å². The lowest BCUT2D eigenvalue weighted by atomic mass is 10.1. The number of hydrogen-bond acceptors (Lipinski definition) is 2. The first kappa shape index (κ1) is 14.6. The molecule has 0 radical (unpaired) electrons. The average Bonchev–Trinajstić information content (AvgIpc) is 2.19. The summed E-state index contributed by atoms with van der Waals surface area (Å²) in [6, 6.07) is 8.02. The third-order valence-corrected chi connectivity index (χ3v) is 2.90. The topological polar surface area (TPSA) is 38.9 Å². The molecule has 15 heavy (non-hydrogen) atoms. The van der Waals surface area contributed by atoms with Gasteiger partial charge in [0.1, 0.15) is 0 Å². The van der Waals surface area contributed by atoms with Gasteiger partial charge in [-0.2, -0.15) is 0 Å². The van der Waals surface area contributed by atoms with E-state index in [0.717, 1.165) is 20.9 Å². The molecule has 2 aromatic rings. The van der Waals surface area contributed by atoms with E-state index in [4.69, 9.17) is 5.73 Å². The van der Waals surface area contributed by atoms with Crippen molar-refractivity contribution in [3.05, 3.63) is 40.5 Å². The molecule has 0 amide bonds. The molecule has 5 heteroatoms. The number of halogens is 3. The third kappa shape index (κ3) is 2.82. The van der Waals surface area contributed by atoms with Gasteiger partial charge in [-0.15, -0.1) is 24.8 Å². The van der Waals surface area contributed by atoms with Crippen LogP contribution in [0, 0.1) is 0 Å². The van der Waals surface area contributed by atoms with E-state index in [9.17, 15) is 0 Å². The summed E-state index contributed by atoms with van der Waals surface area (Å²) in [5.41, 5.74) is 7.65. The molecule has 0 aliphatic rings. The fourth-order valence-electron chi connectivity index (χ4n) is 1.31. The smallest absolute Gasteiger partial charge is 0.0847 e. The van der Waals surface area contributed by atoms with E-state index in [1.165, 1.54) is 0 Å². The van der Waals surface area contributed by atoms with E-state index < -0.39 is 0 Å². The van der Waals surface area contributed by atoms with Gasteiger partial charge in [-0.05, 0) is 27.6 Å². The maximum atomic E-state index is 5.58. The van der Waals surface area contributed by atoms with Crippen LogP contribution in [0.15, 0.2) is 34.9 Å². The number of fused-ring (bicyclic) bond motifs is 1. The molecular weight excluding hydrogens is 299 g/mol. The summed E-state index contributed by atoms with van der Waals surface area (Å²) < 4.78 is 1.01. The van der Waals surface area contributed by atoms with Crippen LogP contribution in [0.4, 0.5) is 0 Å². The van der Waals surface area contributed by atoms with Gasteiger partial charge in [-0.1, -0.05) is 18.2 Å². The molecule has 0 aliphatic heterocycles. The molecule has 1 aromatic carbocycles. The molecule has 0 spiro atoms. The maximum Gasteiger partial charge on any atom is 0.0847 e. The molecule has 1 aromatic heterocycles. The first-order chi connectivity index (χ1) is 6.33. The first-order valence-electron chi connectivity index (χ1n) is 4.05. The number of benzene rings is 1. The van der Waals surface area contributed by atoms with Crippen LogP contribution < -0.4 is 5.73 Å². The quantitative estimate of drug-likeness (QED) is 0.878. The Morgan fingerprint density at radius 3 is 2.60 bits per heavy atom. The lowest BCUT2D eigenvalue weighted by Crippen LogP contribution is -1.97. The molecule has 0 unspecified atom stereocenters. The van der Waals surface area contributed by atoms with Gasteiger partial charge in [0.25, 0.3) is 0 Å². The molecule has 0 fully saturated rings. The fourth-order valence-corrected chi connectivity index (χ4v) is 1.93. The van der Waals surface area contributed by atoms with Crippen molar-refractivity contribution in [2.75, 3.05) is 0 Å². The van der Waals surface area contributed by atoms with Crippen molar-refractivity contribution in [1.82, 2.24) is 4.98 Å². The predicted molar refractivity (Wildman–Crippen MR) is 71.8 cm³/mol. The largest absolute Gasteiger partial charge is 0.326 e. The lowest BCUT2D eigenvalue weighted by Gasteiger charge is -2.04. The maximum absolute atomic E-state index is 5.58. The number of nitrogens with two attached hydrogens (primary N) is 1. The van der Waals surface area contributed by atoms with Gasteiger partial charge in [0.2, 0.25) is 0 Å². The molecule has 2 nitrogen and oxygen atoms in total. The van der Waals surface area contributed by atoms with Crippen molar-refractivity contribution >= 4 is 51.6 Å². The van der Waals surface area contributed by atoms with Crippen molar-refractivity contribution in [2.45, 2.75) is 6.54 Å². The van der Waals surface area contributed by atoms with E-state index in [0.29, 0.717) is 6.54 Å². The summed E-state index contributed by atoms with van der Waals surface area (Å²) in [5.74, 6) is 0. The van der Waals surface area contributed by atoms with Gasteiger partial charge in [-0.25, -0.2) is 0 Å². The highest BCUT2D eigenvalue weighted by molar-refractivity contribution is 9.10. The SMILES string of the molecule is Cl.Cl.NCc1ccc2cccnc2c1Br. The van der Waals surface area contributed by atoms with E-state index in [-0.39, 0.29) is 24.8 Å². The summed E-state index contributed by atoms with van der Waals surface area (Å²) in [5, 5.41) is 1.13. The summed E-state index contributed by atoms with van der Waals surface area (Å²) in [4.78, 5) is 4.29. The minimum Gasteiger partial charge on any atom is -0.326 e. The molecule has 0 saturated carbocycles. The highest BCUT2D eigenvalue weighted by Gasteiger charge is 2.03. The Kier molecular flexibility index (Phi) is 6.13. The Bertz CT molecular complexity index is 448. The van der Waals surface area contributed by atoms with Gasteiger partial charge in [-0.3, -0.25) is 4.98 Å². The Morgan fingerprint density at radius 1 is 1.20 bits per heavy atom. The summed E-state index contributed by atoms with van der Waals surface area (Å²) >= 11 is 3.50. The Labute approximate surface area is 109 Å². The van der Waals surface area contributed by atoms with Crippen LogP contribution in [-0.2, 0) is 6.54 Å². The van der Waals surface area contributed by atoms with Crippen molar-refractivity contribution in [3.8, 4) is 0 Å². The zero-order valence-corrected chi connectivity index (χ0v) is 11.0. The molecule has 0 saturated heterocycles. The van der Waals surface area contributed by atoms with Gasteiger partial charge in [0.15, 0.2) is 0 Å². The normalized spacial score (nSPS) is 9.20. The molecule has 2 N–H and O–H groups in total. The lowest BCUT2D eigenvalue weighted by molar-refractivity contribution is 1.06. The van der Waals surface area contributed by atoms with E-state index in [1.807, 2.05) is 24.3 Å². The molecule has 0 bridgehead atoms. The Morgan fingerprint density at radius 2 is 1.93 bits per heavy atom. The Balaban J connectivity index is 0.000000980. The molecular formula is C10H11BrCl2N2.